The Bertz CT molecular complexity index is 1000. The summed E-state index contributed by atoms with van der Waals surface area (Å²) in [6.45, 7) is 5.58. The third-order valence-corrected chi connectivity index (χ3v) is 4.95. The van der Waals surface area contributed by atoms with Gasteiger partial charge in [-0.15, -0.1) is 10.2 Å². The first-order valence-electron chi connectivity index (χ1n) is 10.1. The van der Waals surface area contributed by atoms with Crippen molar-refractivity contribution in [2.75, 3.05) is 0 Å². The Morgan fingerprint density at radius 1 is 1.06 bits per heavy atom. The van der Waals surface area contributed by atoms with Crippen molar-refractivity contribution in [2.24, 2.45) is 5.92 Å². The molecule has 3 rings (SSSR count). The summed E-state index contributed by atoms with van der Waals surface area (Å²) in [5.41, 5.74) is 1.51. The molecule has 10 heteroatoms. The summed E-state index contributed by atoms with van der Waals surface area (Å²) in [6.07, 6.45) is -5.14. The number of ether oxygens (including phenoxy) is 1. The van der Waals surface area contributed by atoms with Crippen LogP contribution in [0.5, 0.6) is 0 Å². The second-order valence-corrected chi connectivity index (χ2v) is 7.76. The molecule has 0 saturated carbocycles. The van der Waals surface area contributed by atoms with E-state index in [-0.39, 0.29) is 24.5 Å². The van der Waals surface area contributed by atoms with E-state index in [0.29, 0.717) is 11.4 Å². The highest BCUT2D eigenvalue weighted by molar-refractivity contribution is 5.81. The number of carbonyl (C=O) groups excluding carboxylic acids is 1. The van der Waals surface area contributed by atoms with Crippen molar-refractivity contribution < 1.29 is 22.7 Å². The summed E-state index contributed by atoms with van der Waals surface area (Å²) in [5, 5.41) is 16.7. The van der Waals surface area contributed by atoms with Crippen molar-refractivity contribution in [2.45, 2.75) is 45.7 Å². The molecule has 1 heterocycles. The topological polar surface area (TPSA) is 92.8 Å². The van der Waals surface area contributed by atoms with Gasteiger partial charge in [0.1, 0.15) is 6.10 Å². The van der Waals surface area contributed by atoms with Crippen LogP contribution in [0.4, 0.5) is 13.2 Å². The minimum atomic E-state index is -4.39. The van der Waals surface area contributed by atoms with Gasteiger partial charge in [0.15, 0.2) is 0 Å². The van der Waals surface area contributed by atoms with Crippen molar-refractivity contribution in [3.05, 3.63) is 65.2 Å². The first kappa shape index (κ1) is 23.4. The molecule has 0 aliphatic heterocycles. The highest BCUT2D eigenvalue weighted by atomic mass is 19.4. The van der Waals surface area contributed by atoms with Crippen molar-refractivity contribution in [1.82, 2.24) is 25.9 Å². The first-order valence-corrected chi connectivity index (χ1v) is 10.1. The minimum absolute atomic E-state index is 0.0299. The zero-order valence-corrected chi connectivity index (χ0v) is 17.8. The molecule has 2 atom stereocenters. The lowest BCUT2D eigenvalue weighted by Gasteiger charge is -2.24. The summed E-state index contributed by atoms with van der Waals surface area (Å²) in [5.74, 6) is 0.0590. The maximum Gasteiger partial charge on any atom is 0.416 e. The predicted octanol–water partition coefficient (Wildman–Crippen LogP) is 4.30. The van der Waals surface area contributed by atoms with E-state index >= 15 is 0 Å². The number of alkyl halides is 3. The zero-order valence-electron chi connectivity index (χ0n) is 17.8. The monoisotopic (exact) mass is 447 g/mol. The molecule has 32 heavy (non-hydrogen) atoms. The summed E-state index contributed by atoms with van der Waals surface area (Å²) < 4.78 is 43.9. The standard InChI is InChI=1S/C22H24F3N5O2/c1-13(2)19(32-12-15-4-10-18(11-5-15)22(23,24)25)21(31)26-14(3)16-6-8-17(9-7-16)20-27-29-30-28-20/h4-11,13-14,19H,12H2,1-3H3,(H,26,31)(H,27,28,29,30)/t14-,19+/m0/s1. The van der Waals surface area contributed by atoms with Crippen LogP contribution in [0.25, 0.3) is 11.4 Å². The van der Waals surface area contributed by atoms with E-state index in [0.717, 1.165) is 23.3 Å². The van der Waals surface area contributed by atoms with E-state index in [2.05, 4.69) is 25.9 Å². The molecule has 7 nitrogen and oxygen atoms in total. The molecule has 0 saturated heterocycles. The van der Waals surface area contributed by atoms with Crippen molar-refractivity contribution in [1.29, 1.82) is 0 Å². The number of tetrazole rings is 1. The van der Waals surface area contributed by atoms with Gasteiger partial charge in [0.05, 0.1) is 18.2 Å². The van der Waals surface area contributed by atoms with Crippen LogP contribution in [0.2, 0.25) is 0 Å². The van der Waals surface area contributed by atoms with Gasteiger partial charge in [-0.3, -0.25) is 4.79 Å². The van der Waals surface area contributed by atoms with Crippen LogP contribution >= 0.6 is 0 Å². The second-order valence-electron chi connectivity index (χ2n) is 7.76. The van der Waals surface area contributed by atoms with Crippen molar-refractivity contribution in [3.63, 3.8) is 0 Å². The minimum Gasteiger partial charge on any atom is -0.363 e. The number of benzene rings is 2. The van der Waals surface area contributed by atoms with E-state index in [1.807, 2.05) is 45.0 Å². The van der Waals surface area contributed by atoms with Crippen LogP contribution in [0, 0.1) is 5.92 Å². The molecule has 170 valence electrons. The second kappa shape index (κ2) is 9.90. The lowest BCUT2D eigenvalue weighted by molar-refractivity contribution is -0.137. The van der Waals surface area contributed by atoms with Gasteiger partial charge in [-0.25, -0.2) is 0 Å². The number of halogens is 3. The zero-order chi connectivity index (χ0) is 23.3. The molecule has 0 radical (unpaired) electrons. The SMILES string of the molecule is CC(C)[C@@H](OCc1ccc(C(F)(F)F)cc1)C(=O)N[C@@H](C)c1ccc(-c2nn[nH]n2)cc1. The van der Waals surface area contributed by atoms with Crippen LogP contribution in [-0.2, 0) is 22.3 Å². The van der Waals surface area contributed by atoms with Crippen LogP contribution in [0.3, 0.4) is 0 Å². The van der Waals surface area contributed by atoms with E-state index in [1.54, 1.807) is 0 Å². The lowest BCUT2D eigenvalue weighted by atomic mass is 10.0. The van der Waals surface area contributed by atoms with Gasteiger partial charge in [-0.05, 0) is 41.3 Å². The van der Waals surface area contributed by atoms with E-state index < -0.39 is 17.8 Å². The number of carbonyl (C=O) groups is 1. The Kier molecular flexibility index (Phi) is 7.24. The predicted molar refractivity (Wildman–Crippen MR) is 111 cm³/mol. The highest BCUT2D eigenvalue weighted by Gasteiger charge is 2.30. The Morgan fingerprint density at radius 3 is 2.25 bits per heavy atom. The van der Waals surface area contributed by atoms with Gasteiger partial charge in [0.25, 0.3) is 0 Å². The quantitative estimate of drug-likeness (QED) is 0.537. The van der Waals surface area contributed by atoms with E-state index in [9.17, 15) is 18.0 Å². The number of H-pyrrole nitrogens is 1. The van der Waals surface area contributed by atoms with Crippen LogP contribution in [0.1, 0.15) is 43.5 Å². The molecular formula is C22H24F3N5O2. The molecule has 2 aromatic carbocycles. The fourth-order valence-corrected chi connectivity index (χ4v) is 3.13. The molecule has 0 bridgehead atoms. The molecule has 0 aliphatic carbocycles. The summed E-state index contributed by atoms with van der Waals surface area (Å²) >= 11 is 0. The number of nitrogens with one attached hydrogen (secondary N) is 2. The number of hydrogen-bond acceptors (Lipinski definition) is 5. The number of aromatic amines is 1. The fraction of sp³-hybridized carbons (Fsp3) is 0.364. The number of hydrogen-bond donors (Lipinski definition) is 2. The number of nitrogens with zero attached hydrogens (tertiary/aromatic N) is 3. The maximum atomic E-state index is 12.8. The van der Waals surface area contributed by atoms with Gasteiger partial charge in [-0.1, -0.05) is 50.2 Å². The van der Waals surface area contributed by atoms with Crippen LogP contribution < -0.4 is 5.32 Å². The first-order chi connectivity index (χ1) is 15.1. The lowest BCUT2D eigenvalue weighted by Crippen LogP contribution is -2.40. The van der Waals surface area contributed by atoms with Crippen LogP contribution in [-0.4, -0.2) is 32.6 Å². The average Bonchev–Trinajstić information content (AvgIpc) is 3.28. The largest absolute Gasteiger partial charge is 0.416 e. The molecule has 2 N–H and O–H groups in total. The van der Waals surface area contributed by atoms with E-state index in [4.69, 9.17) is 4.74 Å². The smallest absolute Gasteiger partial charge is 0.363 e. The number of amides is 1. The molecule has 0 unspecified atom stereocenters. The molecule has 1 amide bonds. The van der Waals surface area contributed by atoms with E-state index in [1.165, 1.54) is 12.1 Å². The molecular weight excluding hydrogens is 423 g/mol. The molecule has 0 spiro atoms. The molecule has 0 fully saturated rings. The van der Waals surface area contributed by atoms with Crippen molar-refractivity contribution >= 4 is 5.91 Å². The maximum absolute atomic E-state index is 12.8. The molecule has 0 aliphatic rings. The summed E-state index contributed by atoms with van der Waals surface area (Å²) in [7, 11) is 0. The Balaban J connectivity index is 1.59. The van der Waals surface area contributed by atoms with Gasteiger partial charge in [-0.2, -0.15) is 18.4 Å². The normalized spacial score (nSPS) is 13.7. The average molecular weight is 447 g/mol. The Labute approximate surface area is 183 Å². The highest BCUT2D eigenvalue weighted by Crippen LogP contribution is 2.29. The summed E-state index contributed by atoms with van der Waals surface area (Å²) in [6, 6.07) is 11.8. The van der Waals surface area contributed by atoms with Gasteiger partial charge in [0, 0.05) is 5.56 Å². The summed E-state index contributed by atoms with van der Waals surface area (Å²) in [4.78, 5) is 12.8. The fourth-order valence-electron chi connectivity index (χ4n) is 3.13. The Morgan fingerprint density at radius 2 is 1.72 bits per heavy atom. The number of aromatic nitrogens is 4. The third-order valence-electron chi connectivity index (χ3n) is 4.95. The Hall–Kier alpha value is -3.27. The van der Waals surface area contributed by atoms with Crippen LogP contribution in [0.15, 0.2) is 48.5 Å². The van der Waals surface area contributed by atoms with Gasteiger partial charge < -0.3 is 10.1 Å². The molecule has 1 aromatic heterocycles. The van der Waals surface area contributed by atoms with Crippen molar-refractivity contribution in [3.8, 4) is 11.4 Å². The third kappa shape index (κ3) is 5.91. The van der Waals surface area contributed by atoms with Gasteiger partial charge >= 0.3 is 6.18 Å². The molecule has 3 aromatic rings. The van der Waals surface area contributed by atoms with Gasteiger partial charge in [0.2, 0.25) is 11.7 Å². The number of rotatable bonds is 8.